The van der Waals surface area contributed by atoms with Crippen molar-refractivity contribution in [2.24, 2.45) is 0 Å². The summed E-state index contributed by atoms with van der Waals surface area (Å²) in [7, 11) is 0. The normalized spacial score (nSPS) is 18.1. The minimum Gasteiger partial charge on any atom is -0.459 e. The number of nitrogens with one attached hydrogen (secondary N) is 1. The summed E-state index contributed by atoms with van der Waals surface area (Å²) in [6.07, 6.45) is 1.77. The van der Waals surface area contributed by atoms with Gasteiger partial charge in [-0.05, 0) is 78.9 Å². The highest BCUT2D eigenvalue weighted by Gasteiger charge is 2.42. The molecule has 1 N–H and O–H groups in total. The third-order valence-corrected chi connectivity index (χ3v) is 6.63. The first-order chi connectivity index (χ1) is 15.5. The summed E-state index contributed by atoms with van der Waals surface area (Å²) in [6.45, 7) is 0. The van der Waals surface area contributed by atoms with Gasteiger partial charge in [0, 0.05) is 22.5 Å². The number of rotatable bonds is 4. The van der Waals surface area contributed by atoms with Crippen LogP contribution in [0.3, 0.4) is 0 Å². The molecule has 160 valence electrons. The van der Waals surface area contributed by atoms with Crippen molar-refractivity contribution in [3.8, 4) is 11.3 Å². The highest BCUT2D eigenvalue weighted by atomic mass is 35.5. The molecule has 0 amide bonds. The van der Waals surface area contributed by atoms with Crippen LogP contribution in [0, 0.1) is 0 Å². The molecule has 5 rings (SSSR count). The van der Waals surface area contributed by atoms with Gasteiger partial charge in [0.15, 0.2) is 5.11 Å². The van der Waals surface area contributed by atoms with Gasteiger partial charge < -0.3 is 14.6 Å². The number of hydrogen-bond acceptors (Lipinski definition) is 3. The summed E-state index contributed by atoms with van der Waals surface area (Å²) in [6, 6.07) is 22.2. The molecule has 4 aromatic rings. The molecule has 1 aliphatic rings. The molecule has 0 spiro atoms. The Labute approximate surface area is 205 Å². The van der Waals surface area contributed by atoms with Crippen LogP contribution in [0.4, 0.5) is 5.69 Å². The lowest BCUT2D eigenvalue weighted by Gasteiger charge is -2.26. The summed E-state index contributed by atoms with van der Waals surface area (Å²) in [5, 5.41) is 5.62. The van der Waals surface area contributed by atoms with Crippen LogP contribution in [-0.2, 0) is 0 Å². The molecule has 1 aliphatic heterocycles. The molecular weight excluding hydrogens is 485 g/mol. The molecule has 0 radical (unpaired) electrons. The number of hydrogen-bond donors (Lipinski definition) is 1. The molecule has 0 unspecified atom stereocenters. The minimum atomic E-state index is -0.255. The van der Waals surface area contributed by atoms with E-state index in [-0.39, 0.29) is 12.1 Å². The van der Waals surface area contributed by atoms with Crippen LogP contribution < -0.4 is 10.2 Å². The van der Waals surface area contributed by atoms with Crippen molar-refractivity contribution in [1.82, 2.24) is 10.3 Å². The van der Waals surface area contributed by atoms with E-state index in [9.17, 15) is 0 Å². The van der Waals surface area contributed by atoms with Crippen molar-refractivity contribution in [3.05, 3.63) is 106 Å². The van der Waals surface area contributed by atoms with Gasteiger partial charge in [-0.25, -0.2) is 0 Å². The van der Waals surface area contributed by atoms with E-state index in [2.05, 4.69) is 10.3 Å². The predicted molar refractivity (Wildman–Crippen MR) is 134 cm³/mol. The van der Waals surface area contributed by atoms with Crippen LogP contribution in [0.15, 0.2) is 83.4 Å². The first kappa shape index (κ1) is 21.3. The van der Waals surface area contributed by atoms with E-state index < -0.39 is 0 Å². The molecule has 1 saturated heterocycles. The number of furan rings is 1. The lowest BCUT2D eigenvalue weighted by molar-refractivity contribution is 0.439. The number of pyridine rings is 1. The molecule has 32 heavy (non-hydrogen) atoms. The Morgan fingerprint density at radius 1 is 0.906 bits per heavy atom. The SMILES string of the molecule is S=C1N[C@@H](c2ccccn2)[C@@H](c2ccc(-c3ccc(Cl)c(Cl)c3)o2)N1c1ccc(Cl)cc1. The smallest absolute Gasteiger partial charge is 0.174 e. The third-order valence-electron chi connectivity index (χ3n) is 5.33. The summed E-state index contributed by atoms with van der Waals surface area (Å²) in [5.41, 5.74) is 2.61. The fourth-order valence-electron chi connectivity index (χ4n) is 3.84. The van der Waals surface area contributed by atoms with Crippen LogP contribution in [0.5, 0.6) is 0 Å². The van der Waals surface area contributed by atoms with Gasteiger partial charge in [-0.1, -0.05) is 40.9 Å². The maximum absolute atomic E-state index is 6.33. The summed E-state index contributed by atoms with van der Waals surface area (Å²) >= 11 is 24.1. The second-order valence-corrected chi connectivity index (χ2v) is 8.94. The monoisotopic (exact) mass is 499 g/mol. The minimum absolute atomic E-state index is 0.202. The molecule has 4 nitrogen and oxygen atoms in total. The van der Waals surface area contributed by atoms with Crippen molar-refractivity contribution < 1.29 is 4.42 Å². The van der Waals surface area contributed by atoms with Crippen molar-refractivity contribution in [2.75, 3.05) is 4.90 Å². The van der Waals surface area contributed by atoms with Crippen molar-refractivity contribution in [3.63, 3.8) is 0 Å². The molecule has 2 aromatic heterocycles. The number of anilines is 1. The number of benzene rings is 2. The van der Waals surface area contributed by atoms with Crippen LogP contribution in [0.1, 0.15) is 23.5 Å². The predicted octanol–water partition coefficient (Wildman–Crippen LogP) is 7.48. The van der Waals surface area contributed by atoms with Crippen LogP contribution in [-0.4, -0.2) is 10.1 Å². The number of nitrogens with zero attached hydrogens (tertiary/aromatic N) is 2. The van der Waals surface area contributed by atoms with E-state index in [1.54, 1.807) is 18.3 Å². The zero-order valence-corrected chi connectivity index (χ0v) is 19.6. The van der Waals surface area contributed by atoms with E-state index in [0.717, 1.165) is 22.7 Å². The van der Waals surface area contributed by atoms with Crippen molar-refractivity contribution >= 4 is 57.8 Å². The summed E-state index contributed by atoms with van der Waals surface area (Å²) < 4.78 is 6.33. The Hall–Kier alpha value is -2.57. The number of aromatic nitrogens is 1. The van der Waals surface area contributed by atoms with E-state index in [1.165, 1.54) is 0 Å². The largest absolute Gasteiger partial charge is 0.459 e. The molecule has 0 aliphatic carbocycles. The van der Waals surface area contributed by atoms with E-state index >= 15 is 0 Å². The van der Waals surface area contributed by atoms with Gasteiger partial charge in [0.25, 0.3) is 0 Å². The van der Waals surface area contributed by atoms with Gasteiger partial charge in [0.1, 0.15) is 17.6 Å². The highest BCUT2D eigenvalue weighted by Crippen LogP contribution is 2.43. The third kappa shape index (κ3) is 3.97. The zero-order chi connectivity index (χ0) is 22.2. The van der Waals surface area contributed by atoms with Crippen molar-refractivity contribution in [1.29, 1.82) is 0 Å². The Bertz CT molecular complexity index is 1280. The molecular formula is C24H16Cl3N3OS. The standard InChI is InChI=1S/C24H16Cl3N3OS/c25-15-5-7-16(8-6-15)30-23(22(29-24(30)32)19-3-1-2-12-28-19)21-11-10-20(31-21)14-4-9-17(26)18(27)13-14/h1-13,22-23H,(H,29,32)/t22-,23+/m0/s1. The van der Waals surface area contributed by atoms with E-state index in [1.807, 2.05) is 65.6 Å². The first-order valence-corrected chi connectivity index (χ1v) is 11.4. The maximum Gasteiger partial charge on any atom is 0.174 e. The Morgan fingerprint density at radius 2 is 1.72 bits per heavy atom. The Kier molecular flexibility index (Phi) is 5.82. The number of thiocarbonyl (C=S) groups is 1. The molecule has 2 aromatic carbocycles. The number of halogens is 3. The summed E-state index contributed by atoms with van der Waals surface area (Å²) in [4.78, 5) is 6.59. The molecule has 0 saturated carbocycles. The highest BCUT2D eigenvalue weighted by molar-refractivity contribution is 7.80. The Balaban J connectivity index is 1.59. The molecule has 2 atom stereocenters. The fraction of sp³-hybridized carbons (Fsp3) is 0.0833. The summed E-state index contributed by atoms with van der Waals surface area (Å²) in [5.74, 6) is 1.43. The van der Waals surface area contributed by atoms with Crippen molar-refractivity contribution in [2.45, 2.75) is 12.1 Å². The van der Waals surface area contributed by atoms with E-state index in [4.69, 9.17) is 51.4 Å². The second kappa shape index (κ2) is 8.75. The van der Waals surface area contributed by atoms with Gasteiger partial charge in [0.05, 0.1) is 21.8 Å². The van der Waals surface area contributed by atoms with Gasteiger partial charge in [-0.2, -0.15) is 0 Å². The molecule has 8 heteroatoms. The van der Waals surface area contributed by atoms with Gasteiger partial charge >= 0.3 is 0 Å². The van der Waals surface area contributed by atoms with Gasteiger partial charge in [-0.15, -0.1) is 0 Å². The van der Waals surface area contributed by atoms with Crippen LogP contribution in [0.25, 0.3) is 11.3 Å². The Morgan fingerprint density at radius 3 is 2.44 bits per heavy atom. The van der Waals surface area contributed by atoms with Crippen LogP contribution in [0.2, 0.25) is 15.1 Å². The quantitative estimate of drug-likeness (QED) is 0.294. The fourth-order valence-corrected chi connectivity index (χ4v) is 4.61. The zero-order valence-electron chi connectivity index (χ0n) is 16.5. The topological polar surface area (TPSA) is 41.3 Å². The van der Waals surface area contributed by atoms with Gasteiger partial charge in [0.2, 0.25) is 0 Å². The lowest BCUT2D eigenvalue weighted by Crippen LogP contribution is -2.29. The molecule has 3 heterocycles. The maximum atomic E-state index is 6.33. The lowest BCUT2D eigenvalue weighted by atomic mass is 10.0. The average Bonchev–Trinajstić information content (AvgIpc) is 3.41. The molecule has 0 bridgehead atoms. The van der Waals surface area contributed by atoms with Gasteiger partial charge in [-0.3, -0.25) is 4.98 Å². The van der Waals surface area contributed by atoms with E-state index in [0.29, 0.717) is 25.9 Å². The molecule has 1 fully saturated rings. The second-order valence-electron chi connectivity index (χ2n) is 7.30. The first-order valence-electron chi connectivity index (χ1n) is 9.82. The van der Waals surface area contributed by atoms with Crippen LogP contribution >= 0.6 is 47.0 Å². The average molecular weight is 501 g/mol.